The zero-order valence-electron chi connectivity index (χ0n) is 15.5. The van der Waals surface area contributed by atoms with E-state index in [2.05, 4.69) is 10.2 Å². The Morgan fingerprint density at radius 3 is 2.66 bits per heavy atom. The van der Waals surface area contributed by atoms with Gasteiger partial charge in [-0.2, -0.15) is 0 Å². The minimum Gasteiger partial charge on any atom is -0.486 e. The number of benzene rings is 2. The maximum Gasteiger partial charge on any atom is 0.331 e. The molecule has 0 radical (unpaired) electrons. The molecule has 0 bridgehead atoms. The van der Waals surface area contributed by atoms with Crippen molar-refractivity contribution in [2.45, 2.75) is 13.0 Å². The van der Waals surface area contributed by atoms with Gasteiger partial charge in [-0.3, -0.25) is 0 Å². The first-order chi connectivity index (χ1) is 14.1. The van der Waals surface area contributed by atoms with E-state index in [4.69, 9.17) is 18.6 Å². The number of ether oxygens (including phenoxy) is 3. The van der Waals surface area contributed by atoms with Gasteiger partial charge in [-0.1, -0.05) is 6.07 Å². The third-order valence-corrected chi connectivity index (χ3v) is 4.15. The molecule has 4 rings (SSSR count). The van der Waals surface area contributed by atoms with Crippen LogP contribution in [0.25, 0.3) is 17.5 Å². The third kappa shape index (κ3) is 4.43. The molecule has 1 aliphatic rings. The van der Waals surface area contributed by atoms with E-state index in [0.29, 0.717) is 30.3 Å². The van der Waals surface area contributed by atoms with Gasteiger partial charge in [0, 0.05) is 11.6 Å². The molecule has 2 heterocycles. The van der Waals surface area contributed by atoms with E-state index in [-0.39, 0.29) is 17.6 Å². The van der Waals surface area contributed by atoms with E-state index in [1.807, 2.05) is 6.07 Å². The molecule has 1 aromatic heterocycles. The van der Waals surface area contributed by atoms with Gasteiger partial charge in [0.25, 0.3) is 5.89 Å². The molecule has 3 aromatic rings. The summed E-state index contributed by atoms with van der Waals surface area (Å²) in [5.74, 6) is 0.756. The maximum absolute atomic E-state index is 13.0. The van der Waals surface area contributed by atoms with Crippen LogP contribution in [0.2, 0.25) is 0 Å². The second kappa shape index (κ2) is 8.14. The first kappa shape index (κ1) is 18.7. The summed E-state index contributed by atoms with van der Waals surface area (Å²) in [5.41, 5.74) is 1.34. The Morgan fingerprint density at radius 2 is 1.86 bits per heavy atom. The SMILES string of the molecule is C[C@H](OC(=O)/C=C/c1ccc2c(c1)OCCO2)c1nnc(-c2ccc(F)cc2)o1. The molecule has 1 atom stereocenters. The van der Waals surface area contributed by atoms with Crippen LogP contribution in [-0.4, -0.2) is 29.4 Å². The summed E-state index contributed by atoms with van der Waals surface area (Å²) in [6.45, 7) is 2.63. The fourth-order valence-corrected chi connectivity index (χ4v) is 2.70. The van der Waals surface area contributed by atoms with Gasteiger partial charge >= 0.3 is 5.97 Å². The van der Waals surface area contributed by atoms with Crippen LogP contribution < -0.4 is 9.47 Å². The molecule has 0 saturated heterocycles. The molecule has 7 nitrogen and oxygen atoms in total. The van der Waals surface area contributed by atoms with Crippen molar-refractivity contribution >= 4 is 12.0 Å². The molecule has 0 unspecified atom stereocenters. The van der Waals surface area contributed by atoms with Crippen molar-refractivity contribution in [1.29, 1.82) is 0 Å². The highest BCUT2D eigenvalue weighted by Crippen LogP contribution is 2.31. The van der Waals surface area contributed by atoms with Gasteiger partial charge in [0.05, 0.1) is 0 Å². The van der Waals surface area contributed by atoms with Crippen molar-refractivity contribution < 1.29 is 27.8 Å². The summed E-state index contributed by atoms with van der Waals surface area (Å²) in [5, 5.41) is 7.80. The quantitative estimate of drug-likeness (QED) is 0.477. The van der Waals surface area contributed by atoms with Crippen LogP contribution in [0.15, 0.2) is 53.0 Å². The van der Waals surface area contributed by atoms with Crippen LogP contribution in [0.5, 0.6) is 11.5 Å². The molecule has 0 amide bonds. The number of halogens is 1. The Kier molecular flexibility index (Phi) is 5.24. The Morgan fingerprint density at radius 1 is 1.10 bits per heavy atom. The third-order valence-electron chi connectivity index (χ3n) is 4.15. The van der Waals surface area contributed by atoms with Crippen molar-refractivity contribution in [2.75, 3.05) is 13.2 Å². The molecule has 0 spiro atoms. The van der Waals surface area contributed by atoms with Crippen molar-refractivity contribution in [2.24, 2.45) is 0 Å². The Bertz CT molecular complexity index is 1050. The lowest BCUT2D eigenvalue weighted by Crippen LogP contribution is -2.15. The molecule has 0 saturated carbocycles. The molecule has 8 heteroatoms. The molecule has 0 N–H and O–H groups in total. The van der Waals surface area contributed by atoms with E-state index in [1.165, 1.54) is 30.3 Å². The highest BCUT2D eigenvalue weighted by atomic mass is 19.1. The van der Waals surface area contributed by atoms with Crippen molar-refractivity contribution in [3.8, 4) is 23.0 Å². The first-order valence-corrected chi connectivity index (χ1v) is 8.96. The Labute approximate surface area is 165 Å². The van der Waals surface area contributed by atoms with E-state index >= 15 is 0 Å². The Hall–Kier alpha value is -3.68. The van der Waals surface area contributed by atoms with Gasteiger partial charge in [-0.15, -0.1) is 10.2 Å². The van der Waals surface area contributed by atoms with E-state index in [9.17, 15) is 9.18 Å². The van der Waals surface area contributed by atoms with Crippen LogP contribution in [0.1, 0.15) is 24.5 Å². The number of carbonyl (C=O) groups is 1. The molecule has 0 aliphatic carbocycles. The number of rotatable bonds is 5. The van der Waals surface area contributed by atoms with Crippen LogP contribution in [0.3, 0.4) is 0 Å². The average molecular weight is 396 g/mol. The predicted molar refractivity (Wildman–Crippen MR) is 101 cm³/mol. The molecule has 2 aromatic carbocycles. The summed E-state index contributed by atoms with van der Waals surface area (Å²) >= 11 is 0. The molecule has 148 valence electrons. The van der Waals surface area contributed by atoms with Crippen LogP contribution in [-0.2, 0) is 9.53 Å². The smallest absolute Gasteiger partial charge is 0.331 e. The van der Waals surface area contributed by atoms with Crippen molar-refractivity contribution in [3.05, 3.63) is 65.8 Å². The number of aromatic nitrogens is 2. The zero-order chi connectivity index (χ0) is 20.2. The number of hydrogen-bond acceptors (Lipinski definition) is 7. The van der Waals surface area contributed by atoms with Crippen LogP contribution >= 0.6 is 0 Å². The topological polar surface area (TPSA) is 83.7 Å². The lowest BCUT2D eigenvalue weighted by Gasteiger charge is -2.18. The fraction of sp³-hybridized carbons (Fsp3) is 0.190. The molecule has 1 aliphatic heterocycles. The zero-order valence-corrected chi connectivity index (χ0v) is 15.5. The summed E-state index contributed by atoms with van der Waals surface area (Å²) in [6, 6.07) is 11.0. The largest absolute Gasteiger partial charge is 0.486 e. The monoisotopic (exact) mass is 396 g/mol. The van der Waals surface area contributed by atoms with Crippen molar-refractivity contribution in [1.82, 2.24) is 10.2 Å². The van der Waals surface area contributed by atoms with Gasteiger partial charge in [0.2, 0.25) is 5.89 Å². The van der Waals surface area contributed by atoms with Gasteiger partial charge in [-0.25, -0.2) is 9.18 Å². The maximum atomic E-state index is 13.0. The summed E-state index contributed by atoms with van der Waals surface area (Å²) in [7, 11) is 0. The number of hydrogen-bond donors (Lipinski definition) is 0. The van der Waals surface area contributed by atoms with Gasteiger partial charge in [-0.05, 0) is 55.0 Å². The number of nitrogens with zero attached hydrogens (tertiary/aromatic N) is 2. The minimum atomic E-state index is -0.742. The van der Waals surface area contributed by atoms with E-state index in [0.717, 1.165) is 5.56 Å². The predicted octanol–water partition coefficient (Wildman–Crippen LogP) is 3.96. The molecule has 0 fully saturated rings. The van der Waals surface area contributed by atoms with Crippen LogP contribution in [0, 0.1) is 5.82 Å². The van der Waals surface area contributed by atoms with Gasteiger partial charge < -0.3 is 18.6 Å². The lowest BCUT2D eigenvalue weighted by molar-refractivity contribution is -0.143. The number of carbonyl (C=O) groups excluding carboxylic acids is 1. The normalized spacial score (nSPS) is 14.0. The van der Waals surface area contributed by atoms with Gasteiger partial charge in [0.1, 0.15) is 19.0 Å². The number of esters is 1. The lowest BCUT2D eigenvalue weighted by atomic mass is 10.2. The van der Waals surface area contributed by atoms with Gasteiger partial charge in [0.15, 0.2) is 17.6 Å². The summed E-state index contributed by atoms with van der Waals surface area (Å²) in [6.07, 6.45) is 2.18. The Balaban J connectivity index is 1.38. The number of fused-ring (bicyclic) bond motifs is 1. The highest BCUT2D eigenvalue weighted by molar-refractivity contribution is 5.87. The highest BCUT2D eigenvalue weighted by Gasteiger charge is 2.18. The molecular weight excluding hydrogens is 379 g/mol. The van der Waals surface area contributed by atoms with Crippen LogP contribution in [0.4, 0.5) is 4.39 Å². The summed E-state index contributed by atoms with van der Waals surface area (Å²) < 4.78 is 34.8. The summed E-state index contributed by atoms with van der Waals surface area (Å²) in [4.78, 5) is 12.1. The van der Waals surface area contributed by atoms with E-state index in [1.54, 1.807) is 25.1 Å². The average Bonchev–Trinajstić information content (AvgIpc) is 3.23. The molecular formula is C21H17FN2O5. The van der Waals surface area contributed by atoms with E-state index < -0.39 is 12.1 Å². The first-order valence-electron chi connectivity index (χ1n) is 8.96. The second-order valence-electron chi connectivity index (χ2n) is 6.27. The fourth-order valence-electron chi connectivity index (χ4n) is 2.70. The van der Waals surface area contributed by atoms with Crippen molar-refractivity contribution in [3.63, 3.8) is 0 Å². The second-order valence-corrected chi connectivity index (χ2v) is 6.27. The molecule has 29 heavy (non-hydrogen) atoms. The minimum absolute atomic E-state index is 0.144. The standard InChI is InChI=1S/C21H17FN2O5/c1-13(20-23-24-21(29-20)15-4-6-16(22)7-5-15)28-19(25)9-3-14-2-8-17-18(12-14)27-11-10-26-17/h2-9,12-13H,10-11H2,1H3/b9-3+/t13-/m0/s1.